The molecule has 2 aromatic carbocycles. The molecule has 132 valence electrons. The first-order valence-electron chi connectivity index (χ1n) is 7.84. The van der Waals surface area contributed by atoms with Gasteiger partial charge in [-0.1, -0.05) is 30.3 Å². The Hall–Kier alpha value is -3.02. The normalized spacial score (nSPS) is 10.0. The van der Waals surface area contributed by atoms with E-state index in [0.29, 0.717) is 12.3 Å². The van der Waals surface area contributed by atoms with E-state index in [1.165, 1.54) is 20.3 Å². The van der Waals surface area contributed by atoms with Gasteiger partial charge in [0.15, 0.2) is 6.61 Å². The zero-order valence-electron chi connectivity index (χ0n) is 14.3. The molecule has 25 heavy (non-hydrogen) atoms. The molecule has 2 aromatic rings. The van der Waals surface area contributed by atoms with Gasteiger partial charge in [-0.3, -0.25) is 4.79 Å². The zero-order chi connectivity index (χ0) is 18.1. The van der Waals surface area contributed by atoms with Gasteiger partial charge in [-0.05, 0) is 24.1 Å². The number of hydrogen-bond acceptors (Lipinski definition) is 5. The number of amides is 1. The molecule has 1 amide bonds. The van der Waals surface area contributed by atoms with Crippen molar-refractivity contribution in [2.75, 3.05) is 27.4 Å². The first-order chi connectivity index (χ1) is 12.1. The maximum Gasteiger partial charge on any atom is 0.341 e. The Bertz CT molecular complexity index is 715. The van der Waals surface area contributed by atoms with Gasteiger partial charge < -0.3 is 19.5 Å². The van der Waals surface area contributed by atoms with E-state index in [1.54, 1.807) is 12.1 Å². The largest absolute Gasteiger partial charge is 0.497 e. The molecule has 0 aliphatic heterocycles. The fourth-order valence-corrected chi connectivity index (χ4v) is 2.21. The van der Waals surface area contributed by atoms with Crippen LogP contribution in [-0.2, 0) is 16.0 Å². The second-order valence-corrected chi connectivity index (χ2v) is 5.23. The molecule has 0 atom stereocenters. The molecule has 0 radical (unpaired) electrons. The lowest BCUT2D eigenvalue weighted by molar-refractivity contribution is -0.123. The summed E-state index contributed by atoms with van der Waals surface area (Å²) in [5.41, 5.74) is 1.38. The number of esters is 1. The van der Waals surface area contributed by atoms with Crippen molar-refractivity contribution in [3.05, 3.63) is 59.7 Å². The number of ether oxygens (including phenoxy) is 3. The predicted molar refractivity (Wildman–Crippen MR) is 93.0 cm³/mol. The van der Waals surface area contributed by atoms with E-state index in [0.717, 1.165) is 12.0 Å². The van der Waals surface area contributed by atoms with Gasteiger partial charge in [-0.25, -0.2) is 4.79 Å². The zero-order valence-corrected chi connectivity index (χ0v) is 14.3. The second-order valence-electron chi connectivity index (χ2n) is 5.23. The third-order valence-electron chi connectivity index (χ3n) is 3.53. The quantitative estimate of drug-likeness (QED) is 0.744. The summed E-state index contributed by atoms with van der Waals surface area (Å²) in [6.07, 6.45) is 0.735. The average molecular weight is 343 g/mol. The van der Waals surface area contributed by atoms with Gasteiger partial charge in [0.1, 0.15) is 17.1 Å². The Morgan fingerprint density at radius 1 is 1.04 bits per heavy atom. The molecule has 0 saturated carbocycles. The van der Waals surface area contributed by atoms with Crippen molar-refractivity contribution >= 4 is 11.9 Å². The summed E-state index contributed by atoms with van der Waals surface area (Å²) < 4.78 is 15.3. The molecule has 1 N–H and O–H groups in total. The summed E-state index contributed by atoms with van der Waals surface area (Å²) in [4.78, 5) is 23.7. The minimum atomic E-state index is -0.540. The Kier molecular flexibility index (Phi) is 6.83. The molecule has 0 unspecified atom stereocenters. The molecule has 6 heteroatoms. The van der Waals surface area contributed by atoms with Crippen molar-refractivity contribution in [3.8, 4) is 11.5 Å². The van der Waals surface area contributed by atoms with Gasteiger partial charge in [0.2, 0.25) is 0 Å². The molecule has 6 nitrogen and oxygen atoms in total. The predicted octanol–water partition coefficient (Wildman–Crippen LogP) is 2.22. The van der Waals surface area contributed by atoms with E-state index in [2.05, 4.69) is 5.32 Å². The second kappa shape index (κ2) is 9.32. The lowest BCUT2D eigenvalue weighted by Gasteiger charge is -2.12. The Labute approximate surface area is 146 Å². The molecule has 0 saturated heterocycles. The van der Waals surface area contributed by atoms with Crippen LogP contribution in [0.5, 0.6) is 11.5 Å². The Morgan fingerprint density at radius 2 is 1.80 bits per heavy atom. The number of benzene rings is 2. The minimum Gasteiger partial charge on any atom is -0.497 e. The van der Waals surface area contributed by atoms with Crippen LogP contribution in [0.2, 0.25) is 0 Å². The third-order valence-corrected chi connectivity index (χ3v) is 3.53. The molecule has 2 rings (SSSR count). The van der Waals surface area contributed by atoms with Crippen molar-refractivity contribution in [3.63, 3.8) is 0 Å². The van der Waals surface area contributed by atoms with Crippen molar-refractivity contribution in [1.82, 2.24) is 5.32 Å². The summed E-state index contributed by atoms with van der Waals surface area (Å²) in [7, 11) is 2.79. The highest BCUT2D eigenvalue weighted by atomic mass is 16.5. The number of rotatable bonds is 8. The van der Waals surface area contributed by atoms with Gasteiger partial charge in [-0.2, -0.15) is 0 Å². The number of carbonyl (C=O) groups is 2. The summed E-state index contributed by atoms with van der Waals surface area (Å²) in [5.74, 6) is -0.0479. The van der Waals surface area contributed by atoms with Crippen LogP contribution in [0.3, 0.4) is 0 Å². The molecule has 0 aliphatic carbocycles. The SMILES string of the molecule is COC(=O)c1ccc(OC)cc1OCC(=O)NCCc1ccccc1. The van der Waals surface area contributed by atoms with Crippen LogP contribution in [0, 0.1) is 0 Å². The fourth-order valence-electron chi connectivity index (χ4n) is 2.21. The maximum atomic E-state index is 11.9. The van der Waals surface area contributed by atoms with Gasteiger partial charge >= 0.3 is 5.97 Å². The van der Waals surface area contributed by atoms with Gasteiger partial charge in [0.25, 0.3) is 5.91 Å². The molecule has 0 spiro atoms. The van der Waals surface area contributed by atoms with Crippen LogP contribution in [0.4, 0.5) is 0 Å². The summed E-state index contributed by atoms with van der Waals surface area (Å²) >= 11 is 0. The standard InChI is InChI=1S/C19H21NO5/c1-23-15-8-9-16(19(22)24-2)17(12-15)25-13-18(21)20-11-10-14-6-4-3-5-7-14/h3-9,12H,10-11,13H2,1-2H3,(H,20,21). The Balaban J connectivity index is 1.89. The van der Waals surface area contributed by atoms with E-state index in [9.17, 15) is 9.59 Å². The number of carbonyl (C=O) groups excluding carboxylic acids is 2. The van der Waals surface area contributed by atoms with Gasteiger partial charge in [0, 0.05) is 12.6 Å². The van der Waals surface area contributed by atoms with Crippen LogP contribution in [0.25, 0.3) is 0 Å². The smallest absolute Gasteiger partial charge is 0.341 e. The van der Waals surface area contributed by atoms with Crippen molar-refractivity contribution in [2.24, 2.45) is 0 Å². The Morgan fingerprint density at radius 3 is 2.48 bits per heavy atom. The highest BCUT2D eigenvalue weighted by Gasteiger charge is 2.15. The van der Waals surface area contributed by atoms with Crippen LogP contribution in [0.15, 0.2) is 48.5 Å². The molecule has 0 fully saturated rings. The van der Waals surface area contributed by atoms with E-state index in [1.807, 2.05) is 30.3 Å². The van der Waals surface area contributed by atoms with Crippen LogP contribution < -0.4 is 14.8 Å². The highest BCUT2D eigenvalue weighted by Crippen LogP contribution is 2.25. The third kappa shape index (κ3) is 5.53. The topological polar surface area (TPSA) is 73.9 Å². The molecule has 0 bridgehead atoms. The minimum absolute atomic E-state index is 0.202. The first kappa shape index (κ1) is 18.3. The number of hydrogen-bond donors (Lipinski definition) is 1. The van der Waals surface area contributed by atoms with E-state index < -0.39 is 5.97 Å². The summed E-state index contributed by atoms with van der Waals surface area (Å²) in [6.45, 7) is 0.306. The molecular weight excluding hydrogens is 322 g/mol. The van der Waals surface area contributed by atoms with Crippen LogP contribution in [-0.4, -0.2) is 39.2 Å². The monoisotopic (exact) mass is 343 g/mol. The number of nitrogens with one attached hydrogen (secondary N) is 1. The van der Waals surface area contributed by atoms with Crippen LogP contribution in [0.1, 0.15) is 15.9 Å². The van der Waals surface area contributed by atoms with E-state index in [4.69, 9.17) is 14.2 Å². The van der Waals surface area contributed by atoms with Crippen molar-refractivity contribution < 1.29 is 23.8 Å². The average Bonchev–Trinajstić information content (AvgIpc) is 2.66. The fraction of sp³-hybridized carbons (Fsp3) is 0.263. The van der Waals surface area contributed by atoms with E-state index in [-0.39, 0.29) is 23.8 Å². The van der Waals surface area contributed by atoms with Gasteiger partial charge in [0.05, 0.1) is 14.2 Å². The highest BCUT2D eigenvalue weighted by molar-refractivity contribution is 5.92. The summed E-state index contributed by atoms with van der Waals surface area (Å²) in [6, 6.07) is 14.6. The number of methoxy groups -OCH3 is 2. The maximum absolute atomic E-state index is 11.9. The van der Waals surface area contributed by atoms with Crippen molar-refractivity contribution in [1.29, 1.82) is 0 Å². The van der Waals surface area contributed by atoms with Gasteiger partial charge in [-0.15, -0.1) is 0 Å². The summed E-state index contributed by atoms with van der Waals surface area (Å²) in [5, 5.41) is 2.78. The first-order valence-corrected chi connectivity index (χ1v) is 7.84. The van der Waals surface area contributed by atoms with Crippen molar-refractivity contribution in [2.45, 2.75) is 6.42 Å². The molecule has 0 aromatic heterocycles. The molecular formula is C19H21NO5. The molecule has 0 heterocycles. The lowest BCUT2D eigenvalue weighted by Crippen LogP contribution is -2.30. The molecule has 0 aliphatic rings. The van der Waals surface area contributed by atoms with Crippen LogP contribution >= 0.6 is 0 Å². The van der Waals surface area contributed by atoms with E-state index >= 15 is 0 Å². The lowest BCUT2D eigenvalue weighted by atomic mass is 10.1.